The van der Waals surface area contributed by atoms with Gasteiger partial charge < -0.3 is 25.0 Å². The van der Waals surface area contributed by atoms with Gasteiger partial charge in [0.25, 0.3) is 0 Å². The Kier molecular flexibility index (Phi) is 6.92. The van der Waals surface area contributed by atoms with Crippen molar-refractivity contribution < 1.29 is 14.3 Å². The second-order valence-electron chi connectivity index (χ2n) is 9.83. The van der Waals surface area contributed by atoms with Crippen molar-refractivity contribution in [3.05, 3.63) is 60.2 Å². The van der Waals surface area contributed by atoms with E-state index in [9.17, 15) is 4.79 Å². The molecule has 2 aromatic carbocycles. The molecule has 5 rings (SSSR count). The van der Waals surface area contributed by atoms with Crippen molar-refractivity contribution in [1.29, 1.82) is 0 Å². The van der Waals surface area contributed by atoms with E-state index < -0.39 is 0 Å². The summed E-state index contributed by atoms with van der Waals surface area (Å²) in [6.45, 7) is 5.08. The fourth-order valence-electron chi connectivity index (χ4n) is 5.92. The molecule has 0 aromatic heterocycles. The molecule has 0 aliphatic carbocycles. The zero-order valence-electron chi connectivity index (χ0n) is 20.0. The van der Waals surface area contributed by atoms with Crippen molar-refractivity contribution in [3.8, 4) is 5.75 Å². The predicted octanol–water partition coefficient (Wildman–Crippen LogP) is 3.40. The zero-order chi connectivity index (χ0) is 23.4. The van der Waals surface area contributed by atoms with Gasteiger partial charge in [-0.1, -0.05) is 42.5 Å². The highest BCUT2D eigenvalue weighted by atomic mass is 16.5. The second kappa shape index (κ2) is 10.2. The minimum atomic E-state index is -0.0550. The van der Waals surface area contributed by atoms with Crippen LogP contribution in [-0.2, 0) is 11.3 Å². The summed E-state index contributed by atoms with van der Waals surface area (Å²) in [7, 11) is 1.70. The van der Waals surface area contributed by atoms with Crippen LogP contribution in [0.3, 0.4) is 0 Å². The first-order valence-corrected chi connectivity index (χ1v) is 12.5. The Balaban J connectivity index is 1.18. The highest BCUT2D eigenvalue weighted by Gasteiger charge is 2.46. The van der Waals surface area contributed by atoms with Gasteiger partial charge in [0.2, 0.25) is 0 Å². The van der Waals surface area contributed by atoms with Crippen molar-refractivity contribution in [3.63, 3.8) is 0 Å². The Morgan fingerprint density at radius 2 is 1.76 bits per heavy atom. The molecule has 2 N–H and O–H groups in total. The first kappa shape index (κ1) is 23.0. The molecule has 34 heavy (non-hydrogen) atoms. The van der Waals surface area contributed by atoms with Gasteiger partial charge in [0.1, 0.15) is 5.75 Å². The highest BCUT2D eigenvalue weighted by molar-refractivity contribution is 5.75. The minimum absolute atomic E-state index is 0.0550. The maximum Gasteiger partial charge on any atom is 0.315 e. The number of nitrogens with zero attached hydrogens (tertiary/aromatic N) is 2. The summed E-state index contributed by atoms with van der Waals surface area (Å²) in [4.78, 5) is 17.8. The number of rotatable bonds is 6. The lowest BCUT2D eigenvalue weighted by Crippen LogP contribution is -2.48. The van der Waals surface area contributed by atoms with Crippen LogP contribution in [0.4, 0.5) is 10.5 Å². The van der Waals surface area contributed by atoms with E-state index in [1.807, 2.05) is 18.2 Å². The Bertz CT molecular complexity index is 963. The van der Waals surface area contributed by atoms with E-state index >= 15 is 0 Å². The van der Waals surface area contributed by atoms with Crippen LogP contribution in [0.1, 0.15) is 31.2 Å². The number of anilines is 1. The van der Waals surface area contributed by atoms with Crippen molar-refractivity contribution in [2.24, 2.45) is 0 Å². The number of carbonyl (C=O) groups is 1. The fourth-order valence-corrected chi connectivity index (χ4v) is 5.92. The van der Waals surface area contributed by atoms with E-state index in [4.69, 9.17) is 9.47 Å². The molecule has 7 nitrogen and oxygen atoms in total. The smallest absolute Gasteiger partial charge is 0.315 e. The summed E-state index contributed by atoms with van der Waals surface area (Å²) < 4.78 is 11.2. The van der Waals surface area contributed by atoms with Crippen LogP contribution in [-0.4, -0.2) is 68.5 Å². The molecule has 1 spiro atoms. The van der Waals surface area contributed by atoms with E-state index in [0.717, 1.165) is 76.5 Å². The van der Waals surface area contributed by atoms with E-state index in [1.165, 1.54) is 5.56 Å². The van der Waals surface area contributed by atoms with Crippen LogP contribution >= 0.6 is 0 Å². The third-order valence-electron chi connectivity index (χ3n) is 7.66. The third kappa shape index (κ3) is 5.00. The van der Waals surface area contributed by atoms with Gasteiger partial charge in [-0.15, -0.1) is 0 Å². The van der Waals surface area contributed by atoms with Crippen LogP contribution in [0.15, 0.2) is 54.6 Å². The van der Waals surface area contributed by atoms with Crippen LogP contribution in [0.5, 0.6) is 5.75 Å². The topological polar surface area (TPSA) is 66.1 Å². The largest absolute Gasteiger partial charge is 0.495 e. The summed E-state index contributed by atoms with van der Waals surface area (Å²) >= 11 is 0. The summed E-state index contributed by atoms with van der Waals surface area (Å²) in [6.07, 6.45) is 3.96. The molecule has 2 unspecified atom stereocenters. The van der Waals surface area contributed by atoms with Gasteiger partial charge in [0.05, 0.1) is 12.8 Å². The third-order valence-corrected chi connectivity index (χ3v) is 7.66. The summed E-state index contributed by atoms with van der Waals surface area (Å²) in [5, 5.41) is 6.52. The summed E-state index contributed by atoms with van der Waals surface area (Å²) in [5.74, 6) is 0.874. The van der Waals surface area contributed by atoms with Gasteiger partial charge in [0, 0.05) is 57.0 Å². The maximum atomic E-state index is 12.9. The number of likely N-dealkylation sites (tertiary alicyclic amines) is 1. The van der Waals surface area contributed by atoms with E-state index in [-0.39, 0.29) is 23.7 Å². The molecule has 3 aliphatic heterocycles. The quantitative estimate of drug-likeness (QED) is 0.686. The molecule has 2 aromatic rings. The number of amides is 2. The number of hydrogen-bond donors (Lipinski definition) is 2. The summed E-state index contributed by atoms with van der Waals surface area (Å²) in [6, 6.07) is 18.9. The number of methoxy groups -OCH3 is 1. The van der Waals surface area contributed by atoms with Crippen molar-refractivity contribution in [2.75, 3.05) is 44.9 Å². The SMILES string of the molecule is COc1ccccc1N1CCC(NC(=O)NC2CN(Cc3ccccc3)C3(CCOCC3)C2)C1. The number of para-hydroxylation sites is 2. The standard InChI is InChI=1S/C27H36N4O3/c1-33-25-10-6-5-9-24(25)30-14-11-22(19-30)28-26(32)29-23-17-27(12-15-34-16-13-27)31(20-23)18-21-7-3-2-4-8-21/h2-10,22-23H,11-20H2,1H3,(H2,28,29,32). The number of hydrogen-bond acceptors (Lipinski definition) is 5. The average Bonchev–Trinajstić information content (AvgIpc) is 3.44. The number of benzene rings is 2. The first-order chi connectivity index (χ1) is 16.6. The van der Waals surface area contributed by atoms with Crippen molar-refractivity contribution in [1.82, 2.24) is 15.5 Å². The van der Waals surface area contributed by atoms with Gasteiger partial charge >= 0.3 is 6.03 Å². The molecule has 2 atom stereocenters. The van der Waals surface area contributed by atoms with Crippen molar-refractivity contribution in [2.45, 2.75) is 49.9 Å². The number of nitrogens with one attached hydrogen (secondary N) is 2. The molecule has 0 saturated carbocycles. The molecule has 7 heteroatoms. The van der Waals surface area contributed by atoms with Gasteiger partial charge in [-0.05, 0) is 43.4 Å². The average molecular weight is 465 g/mol. The second-order valence-corrected chi connectivity index (χ2v) is 9.83. The van der Waals surface area contributed by atoms with E-state index in [0.29, 0.717) is 0 Å². The maximum absolute atomic E-state index is 12.9. The normalized spacial score (nSPS) is 24.3. The Labute approximate surface area is 202 Å². The highest BCUT2D eigenvalue weighted by Crippen LogP contribution is 2.39. The van der Waals surface area contributed by atoms with Gasteiger partial charge in [-0.3, -0.25) is 4.90 Å². The zero-order valence-corrected chi connectivity index (χ0v) is 20.0. The Morgan fingerprint density at radius 1 is 1.03 bits per heavy atom. The lowest BCUT2D eigenvalue weighted by atomic mass is 9.86. The van der Waals surface area contributed by atoms with E-state index in [2.05, 4.69) is 56.8 Å². The lowest BCUT2D eigenvalue weighted by Gasteiger charge is -2.41. The number of carbonyl (C=O) groups excluding carboxylic acids is 1. The van der Waals surface area contributed by atoms with Crippen LogP contribution in [0.25, 0.3) is 0 Å². The lowest BCUT2D eigenvalue weighted by molar-refractivity contribution is -0.0113. The molecule has 182 valence electrons. The van der Waals surface area contributed by atoms with Gasteiger partial charge in [0.15, 0.2) is 0 Å². The van der Waals surface area contributed by atoms with Crippen LogP contribution < -0.4 is 20.3 Å². The fraction of sp³-hybridized carbons (Fsp3) is 0.519. The van der Waals surface area contributed by atoms with Gasteiger partial charge in [-0.25, -0.2) is 4.79 Å². The predicted molar refractivity (Wildman–Crippen MR) is 133 cm³/mol. The molecular weight excluding hydrogens is 428 g/mol. The first-order valence-electron chi connectivity index (χ1n) is 12.5. The molecule has 3 aliphatic rings. The van der Waals surface area contributed by atoms with E-state index in [1.54, 1.807) is 7.11 Å². The Morgan fingerprint density at radius 3 is 2.56 bits per heavy atom. The molecule has 0 bridgehead atoms. The van der Waals surface area contributed by atoms with Crippen molar-refractivity contribution >= 4 is 11.7 Å². The van der Waals surface area contributed by atoms with Crippen LogP contribution in [0.2, 0.25) is 0 Å². The molecule has 3 heterocycles. The molecule has 2 amide bonds. The van der Waals surface area contributed by atoms with Gasteiger partial charge in [-0.2, -0.15) is 0 Å². The molecule has 0 radical (unpaired) electrons. The Hall–Kier alpha value is -2.77. The minimum Gasteiger partial charge on any atom is -0.495 e. The molecule has 3 saturated heterocycles. The summed E-state index contributed by atoms with van der Waals surface area (Å²) in [5.41, 5.74) is 2.52. The molecular formula is C27H36N4O3. The number of urea groups is 1. The molecule has 3 fully saturated rings. The number of ether oxygens (including phenoxy) is 2. The van der Waals surface area contributed by atoms with Crippen LogP contribution in [0, 0.1) is 0 Å². The monoisotopic (exact) mass is 464 g/mol.